The highest BCUT2D eigenvalue weighted by molar-refractivity contribution is 5.93. The molecule has 0 spiro atoms. The molecule has 4 rings (SSSR count). The zero-order valence-corrected chi connectivity index (χ0v) is 15.6. The minimum absolute atomic E-state index is 0.132. The maximum atomic E-state index is 11.6. The van der Waals surface area contributed by atoms with Gasteiger partial charge >= 0.3 is 0 Å². The highest BCUT2D eigenvalue weighted by Gasteiger charge is 2.22. The van der Waals surface area contributed by atoms with E-state index in [-0.39, 0.29) is 6.23 Å². The average Bonchev–Trinajstić information content (AvgIpc) is 3.06. The number of rotatable bonds is 5. The fourth-order valence-corrected chi connectivity index (χ4v) is 3.50. The van der Waals surface area contributed by atoms with Gasteiger partial charge in [-0.3, -0.25) is 9.78 Å². The second kappa shape index (κ2) is 7.54. The lowest BCUT2D eigenvalue weighted by Gasteiger charge is -2.23. The van der Waals surface area contributed by atoms with E-state index in [1.54, 1.807) is 10.9 Å². The van der Waals surface area contributed by atoms with Crippen LogP contribution >= 0.6 is 0 Å². The number of hydrogen-bond donors (Lipinski definition) is 0. The Balaban J connectivity index is 1.75. The molecule has 7 nitrogen and oxygen atoms in total. The first-order chi connectivity index (χ1) is 13.2. The first-order valence-electron chi connectivity index (χ1n) is 9.21. The second-order valence-corrected chi connectivity index (χ2v) is 7.15. The Morgan fingerprint density at radius 3 is 2.93 bits per heavy atom. The molecule has 1 fully saturated rings. The summed E-state index contributed by atoms with van der Waals surface area (Å²) in [5.41, 5.74) is 4.59. The molecule has 1 aliphatic rings. The summed E-state index contributed by atoms with van der Waals surface area (Å²) in [4.78, 5) is 22.7. The van der Waals surface area contributed by atoms with Crippen molar-refractivity contribution >= 4 is 17.3 Å². The SMILES string of the molecule is CN(C)Cc1cncc(-c2ccc3c(n2)c(C=O)nn3C2CCCCO2)c1. The summed E-state index contributed by atoms with van der Waals surface area (Å²) in [5, 5.41) is 4.46. The number of pyridine rings is 2. The zero-order chi connectivity index (χ0) is 18.8. The van der Waals surface area contributed by atoms with Crippen molar-refractivity contribution in [2.75, 3.05) is 20.7 Å². The van der Waals surface area contributed by atoms with Gasteiger partial charge in [0.2, 0.25) is 0 Å². The van der Waals surface area contributed by atoms with Gasteiger partial charge in [-0.15, -0.1) is 0 Å². The number of aromatic nitrogens is 4. The Labute approximate surface area is 158 Å². The maximum Gasteiger partial charge on any atom is 0.172 e. The molecular formula is C20H23N5O2. The summed E-state index contributed by atoms with van der Waals surface area (Å²) in [6, 6.07) is 6.00. The lowest BCUT2D eigenvalue weighted by molar-refractivity contribution is -0.0367. The largest absolute Gasteiger partial charge is 0.356 e. The van der Waals surface area contributed by atoms with Crippen LogP contribution in [0.15, 0.2) is 30.6 Å². The van der Waals surface area contributed by atoms with Crippen molar-refractivity contribution in [2.24, 2.45) is 0 Å². The molecule has 1 unspecified atom stereocenters. The average molecular weight is 365 g/mol. The van der Waals surface area contributed by atoms with Gasteiger partial charge in [0.15, 0.2) is 18.2 Å². The number of nitrogens with zero attached hydrogens (tertiary/aromatic N) is 5. The zero-order valence-electron chi connectivity index (χ0n) is 15.6. The third kappa shape index (κ3) is 3.61. The molecule has 1 aliphatic heterocycles. The van der Waals surface area contributed by atoms with E-state index in [0.717, 1.165) is 61.0 Å². The van der Waals surface area contributed by atoms with E-state index < -0.39 is 0 Å². The highest BCUT2D eigenvalue weighted by Crippen LogP contribution is 2.29. The van der Waals surface area contributed by atoms with Crippen LogP contribution < -0.4 is 0 Å². The number of carbonyl (C=O) groups excluding carboxylic acids is 1. The van der Waals surface area contributed by atoms with Crippen LogP contribution in [0.5, 0.6) is 0 Å². The van der Waals surface area contributed by atoms with Crippen LogP contribution in [0.1, 0.15) is 41.5 Å². The van der Waals surface area contributed by atoms with Crippen molar-refractivity contribution in [1.29, 1.82) is 0 Å². The first-order valence-corrected chi connectivity index (χ1v) is 9.21. The normalized spacial score (nSPS) is 17.5. The van der Waals surface area contributed by atoms with Crippen molar-refractivity contribution in [3.8, 4) is 11.3 Å². The smallest absolute Gasteiger partial charge is 0.172 e. The Hall–Kier alpha value is -2.64. The molecule has 4 heterocycles. The molecule has 0 saturated carbocycles. The molecule has 0 aliphatic carbocycles. The summed E-state index contributed by atoms with van der Waals surface area (Å²) in [7, 11) is 4.05. The fourth-order valence-electron chi connectivity index (χ4n) is 3.50. The van der Waals surface area contributed by atoms with Gasteiger partial charge in [0.1, 0.15) is 5.52 Å². The number of hydrogen-bond acceptors (Lipinski definition) is 6. The molecular weight excluding hydrogens is 342 g/mol. The lowest BCUT2D eigenvalue weighted by Crippen LogP contribution is -2.19. The molecule has 27 heavy (non-hydrogen) atoms. The maximum absolute atomic E-state index is 11.6. The topological polar surface area (TPSA) is 73.1 Å². The fraction of sp³-hybridized carbons (Fsp3) is 0.400. The van der Waals surface area contributed by atoms with Crippen LogP contribution in [0.25, 0.3) is 22.3 Å². The van der Waals surface area contributed by atoms with Crippen molar-refractivity contribution in [3.05, 3.63) is 41.9 Å². The summed E-state index contributed by atoms with van der Waals surface area (Å²) >= 11 is 0. The van der Waals surface area contributed by atoms with E-state index in [1.807, 2.05) is 32.4 Å². The molecule has 0 bridgehead atoms. The van der Waals surface area contributed by atoms with Crippen molar-refractivity contribution in [1.82, 2.24) is 24.6 Å². The van der Waals surface area contributed by atoms with Gasteiger partial charge in [-0.2, -0.15) is 5.10 Å². The van der Waals surface area contributed by atoms with Gasteiger partial charge in [-0.1, -0.05) is 0 Å². The quantitative estimate of drug-likeness (QED) is 0.647. The molecule has 3 aromatic rings. The summed E-state index contributed by atoms with van der Waals surface area (Å²) < 4.78 is 7.64. The molecule has 140 valence electrons. The van der Waals surface area contributed by atoms with Gasteiger partial charge in [0, 0.05) is 31.1 Å². The van der Waals surface area contributed by atoms with Gasteiger partial charge in [-0.05, 0) is 57.1 Å². The monoisotopic (exact) mass is 365 g/mol. The number of aldehydes is 1. The Morgan fingerprint density at radius 1 is 1.30 bits per heavy atom. The van der Waals surface area contributed by atoms with Crippen LogP contribution in [0, 0.1) is 0 Å². The Bertz CT molecular complexity index is 960. The number of fused-ring (bicyclic) bond motifs is 1. The molecule has 0 N–H and O–H groups in total. The van der Waals surface area contributed by atoms with Crippen molar-refractivity contribution in [2.45, 2.75) is 32.0 Å². The minimum atomic E-state index is -0.132. The molecule has 1 saturated heterocycles. The number of ether oxygens (including phenoxy) is 1. The van der Waals surface area contributed by atoms with Gasteiger partial charge < -0.3 is 9.64 Å². The van der Waals surface area contributed by atoms with Gasteiger partial charge in [0.25, 0.3) is 0 Å². The Morgan fingerprint density at radius 2 is 2.19 bits per heavy atom. The van der Waals surface area contributed by atoms with Crippen LogP contribution in [-0.2, 0) is 11.3 Å². The molecule has 3 aromatic heterocycles. The van der Waals surface area contributed by atoms with Crippen LogP contribution in [0.2, 0.25) is 0 Å². The van der Waals surface area contributed by atoms with Crippen LogP contribution in [-0.4, -0.2) is 51.6 Å². The third-order valence-electron chi connectivity index (χ3n) is 4.71. The predicted octanol–water partition coefficient (Wildman–Crippen LogP) is 3.07. The second-order valence-electron chi connectivity index (χ2n) is 7.15. The molecule has 0 radical (unpaired) electrons. The molecule has 0 aromatic carbocycles. The van der Waals surface area contributed by atoms with Crippen molar-refractivity contribution < 1.29 is 9.53 Å². The van der Waals surface area contributed by atoms with Gasteiger partial charge in [0.05, 0.1) is 11.2 Å². The van der Waals surface area contributed by atoms with E-state index in [4.69, 9.17) is 9.72 Å². The standard InChI is InChI=1S/C20H23N5O2/c1-24(2)12-14-9-15(11-21-10-14)16-6-7-18-20(22-16)17(13-26)23-25(18)19-5-3-4-8-27-19/h6-7,9-11,13,19H,3-5,8,12H2,1-2H3. The highest BCUT2D eigenvalue weighted by atomic mass is 16.5. The predicted molar refractivity (Wildman–Crippen MR) is 102 cm³/mol. The van der Waals surface area contributed by atoms with Crippen LogP contribution in [0.4, 0.5) is 0 Å². The van der Waals surface area contributed by atoms with E-state index in [0.29, 0.717) is 11.2 Å². The van der Waals surface area contributed by atoms with E-state index in [2.05, 4.69) is 21.0 Å². The molecule has 7 heteroatoms. The minimum Gasteiger partial charge on any atom is -0.356 e. The number of carbonyl (C=O) groups is 1. The van der Waals surface area contributed by atoms with E-state index in [9.17, 15) is 4.79 Å². The summed E-state index contributed by atoms with van der Waals surface area (Å²) in [6.07, 6.45) is 7.34. The van der Waals surface area contributed by atoms with Crippen molar-refractivity contribution in [3.63, 3.8) is 0 Å². The van der Waals surface area contributed by atoms with E-state index >= 15 is 0 Å². The summed E-state index contributed by atoms with van der Waals surface area (Å²) in [6.45, 7) is 1.53. The van der Waals surface area contributed by atoms with Crippen LogP contribution in [0.3, 0.4) is 0 Å². The van der Waals surface area contributed by atoms with Gasteiger partial charge in [-0.25, -0.2) is 9.67 Å². The Kier molecular flexibility index (Phi) is 4.96. The molecule has 1 atom stereocenters. The first kappa shape index (κ1) is 17.8. The van der Waals surface area contributed by atoms with E-state index in [1.165, 1.54) is 0 Å². The molecule has 0 amide bonds. The third-order valence-corrected chi connectivity index (χ3v) is 4.71. The summed E-state index contributed by atoms with van der Waals surface area (Å²) in [5.74, 6) is 0. The lowest BCUT2D eigenvalue weighted by atomic mass is 10.1.